The number of halogens is 4. The number of piperidine rings is 1. The molecular weight excluding hydrogens is 325 g/mol. The lowest BCUT2D eigenvalue weighted by Crippen LogP contribution is -2.48. The Morgan fingerprint density at radius 2 is 1.95 bits per heavy atom. The summed E-state index contributed by atoms with van der Waals surface area (Å²) >= 11 is 0. The molecule has 0 bridgehead atoms. The Bertz CT molecular complexity index is 369. The Labute approximate surface area is 133 Å². The van der Waals surface area contributed by atoms with Gasteiger partial charge in [-0.3, -0.25) is 14.5 Å². The molecule has 10 heteroatoms. The molecule has 1 unspecified atom stereocenters. The Morgan fingerprint density at radius 3 is 2.55 bits per heavy atom. The van der Waals surface area contributed by atoms with Crippen molar-refractivity contribution in [2.75, 3.05) is 39.3 Å². The molecule has 1 fully saturated rings. The number of nitrogens with one attached hydrogen (secondary N) is 2. The lowest BCUT2D eigenvalue weighted by Gasteiger charge is -2.31. The molecule has 0 saturated carbocycles. The minimum absolute atomic E-state index is 0. The van der Waals surface area contributed by atoms with Crippen molar-refractivity contribution in [1.29, 1.82) is 0 Å². The van der Waals surface area contributed by atoms with Crippen molar-refractivity contribution in [2.45, 2.75) is 19.0 Å². The van der Waals surface area contributed by atoms with Crippen molar-refractivity contribution < 1.29 is 22.8 Å². The smallest absolute Gasteiger partial charge is 0.355 e. The summed E-state index contributed by atoms with van der Waals surface area (Å²) in [5.74, 6) is -1.06. The third-order valence-electron chi connectivity index (χ3n) is 3.17. The van der Waals surface area contributed by atoms with Gasteiger partial charge in [-0.15, -0.1) is 12.4 Å². The number of amides is 2. The van der Waals surface area contributed by atoms with Crippen LogP contribution in [-0.4, -0.2) is 62.2 Å². The first-order valence-corrected chi connectivity index (χ1v) is 6.85. The number of carbonyl (C=O) groups excluding carboxylic acids is 2. The zero-order chi connectivity index (χ0) is 15.9. The lowest BCUT2D eigenvalue weighted by atomic mass is 9.97. The van der Waals surface area contributed by atoms with E-state index in [1.165, 1.54) is 0 Å². The summed E-state index contributed by atoms with van der Waals surface area (Å²) in [4.78, 5) is 24.9. The molecule has 2 amide bonds. The number of hydrogen-bond acceptors (Lipinski definition) is 4. The highest BCUT2D eigenvalue weighted by molar-refractivity contribution is 5.85. The molecule has 6 nitrogen and oxygen atoms in total. The first-order valence-electron chi connectivity index (χ1n) is 6.85. The highest BCUT2D eigenvalue weighted by Gasteiger charge is 2.29. The molecule has 0 spiro atoms. The highest BCUT2D eigenvalue weighted by atomic mass is 35.5. The number of carbonyl (C=O) groups is 2. The lowest BCUT2D eigenvalue weighted by molar-refractivity contribution is -0.139. The molecule has 0 aromatic carbocycles. The molecule has 1 aliphatic rings. The van der Waals surface area contributed by atoms with E-state index in [0.717, 1.165) is 6.42 Å². The first-order chi connectivity index (χ1) is 9.81. The van der Waals surface area contributed by atoms with E-state index >= 15 is 0 Å². The monoisotopic (exact) mass is 346 g/mol. The summed E-state index contributed by atoms with van der Waals surface area (Å²) in [5.41, 5.74) is 5.30. The standard InChI is InChI=1S/C12H21F3N4O2.ClH/c13-12(14,15)8-18-10(20)7-19-5-1-2-9(6-19)11(21)17-4-3-16;/h9H,1-8,16H2,(H,17,21)(H,18,20);1H. The second kappa shape index (κ2) is 9.86. The van der Waals surface area contributed by atoms with Crippen molar-refractivity contribution >= 4 is 24.2 Å². The molecule has 1 aliphatic heterocycles. The quantitative estimate of drug-likeness (QED) is 0.625. The summed E-state index contributed by atoms with van der Waals surface area (Å²) in [7, 11) is 0. The van der Waals surface area contributed by atoms with Gasteiger partial charge >= 0.3 is 6.18 Å². The van der Waals surface area contributed by atoms with Gasteiger partial charge in [0.25, 0.3) is 0 Å². The van der Waals surface area contributed by atoms with Crippen LogP contribution < -0.4 is 16.4 Å². The molecule has 0 radical (unpaired) electrons. The molecule has 0 aromatic rings. The van der Waals surface area contributed by atoms with E-state index in [2.05, 4.69) is 5.32 Å². The largest absolute Gasteiger partial charge is 0.405 e. The fraction of sp³-hybridized carbons (Fsp3) is 0.833. The predicted molar refractivity (Wildman–Crippen MR) is 77.5 cm³/mol. The first kappa shape index (κ1) is 20.9. The van der Waals surface area contributed by atoms with E-state index in [0.29, 0.717) is 32.6 Å². The molecule has 1 heterocycles. The number of rotatable bonds is 6. The van der Waals surface area contributed by atoms with Crippen LogP contribution in [0, 0.1) is 5.92 Å². The van der Waals surface area contributed by atoms with Crippen LogP contribution in [0.3, 0.4) is 0 Å². The van der Waals surface area contributed by atoms with Crippen LogP contribution in [-0.2, 0) is 9.59 Å². The van der Waals surface area contributed by atoms with Gasteiger partial charge < -0.3 is 16.4 Å². The maximum Gasteiger partial charge on any atom is 0.405 e. The Kier molecular flexibility index (Phi) is 9.38. The predicted octanol–water partition coefficient (Wildman–Crippen LogP) is -0.126. The molecule has 22 heavy (non-hydrogen) atoms. The normalized spacial score (nSPS) is 19.2. The topological polar surface area (TPSA) is 87.5 Å². The third-order valence-corrected chi connectivity index (χ3v) is 3.17. The van der Waals surface area contributed by atoms with Crippen molar-refractivity contribution in [2.24, 2.45) is 11.7 Å². The van der Waals surface area contributed by atoms with Crippen LogP contribution in [0.1, 0.15) is 12.8 Å². The van der Waals surface area contributed by atoms with Gasteiger partial charge in [-0.1, -0.05) is 0 Å². The number of alkyl halides is 3. The van der Waals surface area contributed by atoms with Crippen molar-refractivity contribution in [1.82, 2.24) is 15.5 Å². The van der Waals surface area contributed by atoms with Gasteiger partial charge in [-0.25, -0.2) is 0 Å². The average molecular weight is 347 g/mol. The summed E-state index contributed by atoms with van der Waals surface area (Å²) in [6.45, 7) is 0.246. The van der Waals surface area contributed by atoms with Gasteiger partial charge in [-0.05, 0) is 19.4 Å². The van der Waals surface area contributed by atoms with Crippen molar-refractivity contribution in [3.8, 4) is 0 Å². The molecule has 0 aliphatic carbocycles. The summed E-state index contributed by atoms with van der Waals surface area (Å²) in [5, 5.41) is 4.51. The van der Waals surface area contributed by atoms with E-state index < -0.39 is 18.6 Å². The van der Waals surface area contributed by atoms with Crippen LogP contribution in [0.15, 0.2) is 0 Å². The number of hydrogen-bond donors (Lipinski definition) is 3. The van der Waals surface area contributed by atoms with E-state index in [-0.39, 0.29) is 30.8 Å². The molecular formula is C12H22ClF3N4O2. The summed E-state index contributed by atoms with van der Waals surface area (Å²) in [6, 6.07) is 0. The Morgan fingerprint density at radius 1 is 1.27 bits per heavy atom. The molecule has 130 valence electrons. The van der Waals surface area contributed by atoms with Crippen LogP contribution in [0.4, 0.5) is 13.2 Å². The maximum absolute atomic E-state index is 12.0. The zero-order valence-electron chi connectivity index (χ0n) is 12.1. The van der Waals surface area contributed by atoms with Gasteiger partial charge in [0.2, 0.25) is 11.8 Å². The van der Waals surface area contributed by atoms with E-state index in [9.17, 15) is 22.8 Å². The average Bonchev–Trinajstić information content (AvgIpc) is 2.42. The zero-order valence-corrected chi connectivity index (χ0v) is 12.9. The Hall–Kier alpha value is -1.06. The van der Waals surface area contributed by atoms with Crippen LogP contribution in [0.5, 0.6) is 0 Å². The maximum atomic E-state index is 12.0. The van der Waals surface area contributed by atoms with E-state index in [1.54, 1.807) is 4.90 Å². The van der Waals surface area contributed by atoms with Crippen LogP contribution >= 0.6 is 12.4 Å². The summed E-state index contributed by atoms with van der Waals surface area (Å²) in [6.07, 6.45) is -2.98. The fourth-order valence-electron chi connectivity index (χ4n) is 2.21. The van der Waals surface area contributed by atoms with Gasteiger partial charge in [0, 0.05) is 19.6 Å². The third kappa shape index (κ3) is 8.40. The molecule has 1 atom stereocenters. The van der Waals surface area contributed by atoms with Crippen molar-refractivity contribution in [3.05, 3.63) is 0 Å². The minimum Gasteiger partial charge on any atom is -0.355 e. The number of likely N-dealkylation sites (tertiary alicyclic amines) is 1. The molecule has 1 rings (SSSR count). The molecule has 0 aromatic heterocycles. The second-order valence-electron chi connectivity index (χ2n) is 5.05. The highest BCUT2D eigenvalue weighted by Crippen LogP contribution is 2.16. The van der Waals surface area contributed by atoms with Crippen LogP contribution in [0.2, 0.25) is 0 Å². The minimum atomic E-state index is -4.41. The second-order valence-corrected chi connectivity index (χ2v) is 5.05. The van der Waals surface area contributed by atoms with E-state index in [1.807, 2.05) is 5.32 Å². The van der Waals surface area contributed by atoms with Gasteiger partial charge in [0.15, 0.2) is 0 Å². The van der Waals surface area contributed by atoms with Gasteiger partial charge in [0.05, 0.1) is 12.5 Å². The number of nitrogens with zero attached hydrogens (tertiary/aromatic N) is 1. The van der Waals surface area contributed by atoms with Gasteiger partial charge in [-0.2, -0.15) is 13.2 Å². The van der Waals surface area contributed by atoms with E-state index in [4.69, 9.17) is 5.73 Å². The summed E-state index contributed by atoms with van der Waals surface area (Å²) < 4.78 is 36.0. The number of nitrogens with two attached hydrogens (primary N) is 1. The van der Waals surface area contributed by atoms with Gasteiger partial charge in [0.1, 0.15) is 6.54 Å². The SMILES string of the molecule is Cl.NCCNC(=O)C1CCCN(CC(=O)NCC(F)(F)F)C1. The van der Waals surface area contributed by atoms with Crippen LogP contribution in [0.25, 0.3) is 0 Å². The molecule has 4 N–H and O–H groups in total. The fourth-order valence-corrected chi connectivity index (χ4v) is 2.21. The molecule has 1 saturated heterocycles. The van der Waals surface area contributed by atoms with Crippen molar-refractivity contribution in [3.63, 3.8) is 0 Å². The Balaban J connectivity index is 0.00000441.